The van der Waals surface area contributed by atoms with Gasteiger partial charge in [0.1, 0.15) is 0 Å². The van der Waals surface area contributed by atoms with Crippen molar-refractivity contribution in [3.8, 4) is 11.1 Å². The Morgan fingerprint density at radius 3 is 2.21 bits per heavy atom. The number of hydrogen-bond donors (Lipinski definition) is 1. The molecule has 0 amide bonds. The first-order valence-electron chi connectivity index (χ1n) is 8.66. The van der Waals surface area contributed by atoms with Crippen LogP contribution < -0.4 is 0 Å². The van der Waals surface area contributed by atoms with Crippen LogP contribution in [0.1, 0.15) is 25.0 Å². The van der Waals surface area contributed by atoms with E-state index in [2.05, 4.69) is 0 Å². The molecule has 0 unspecified atom stereocenters. The number of sulfone groups is 1. The van der Waals surface area contributed by atoms with Crippen LogP contribution in [0.2, 0.25) is 10.0 Å². The lowest BCUT2D eigenvalue weighted by Gasteiger charge is -2.18. The van der Waals surface area contributed by atoms with E-state index < -0.39 is 15.4 Å². The normalized spacial score (nSPS) is 12.2. The molecule has 1 N–H and O–H groups in total. The lowest BCUT2D eigenvalue weighted by Crippen LogP contribution is -2.16. The molecule has 0 bridgehead atoms. The zero-order chi connectivity index (χ0) is 20.5. The highest BCUT2D eigenvalue weighted by Crippen LogP contribution is 2.31. The maximum absolute atomic E-state index is 12.8. The Bertz CT molecular complexity index is 1100. The van der Waals surface area contributed by atoms with E-state index in [1.165, 1.54) is 0 Å². The second kappa shape index (κ2) is 7.88. The van der Waals surface area contributed by atoms with Crippen LogP contribution in [-0.2, 0) is 21.2 Å². The predicted octanol–water partition coefficient (Wildman–Crippen LogP) is 5.86. The summed E-state index contributed by atoms with van der Waals surface area (Å²) in [5.74, 6) is -0.141. The van der Waals surface area contributed by atoms with E-state index in [1.54, 1.807) is 80.6 Å². The quantitative estimate of drug-likeness (QED) is 0.546. The molecule has 0 atom stereocenters. The highest BCUT2D eigenvalue weighted by Gasteiger charge is 2.19. The third-order valence-electron chi connectivity index (χ3n) is 4.45. The Morgan fingerprint density at radius 1 is 0.929 bits per heavy atom. The van der Waals surface area contributed by atoms with E-state index in [0.29, 0.717) is 21.2 Å². The third-order valence-corrected chi connectivity index (χ3v) is 6.70. The summed E-state index contributed by atoms with van der Waals surface area (Å²) in [4.78, 5) is 0.231. The van der Waals surface area contributed by atoms with Crippen molar-refractivity contribution in [1.82, 2.24) is 0 Å². The molecule has 0 saturated heterocycles. The van der Waals surface area contributed by atoms with Gasteiger partial charge in [0.15, 0.2) is 9.84 Å². The molecule has 146 valence electrons. The van der Waals surface area contributed by atoms with Gasteiger partial charge in [-0.1, -0.05) is 65.7 Å². The summed E-state index contributed by atoms with van der Waals surface area (Å²) in [6, 6.07) is 18.8. The van der Waals surface area contributed by atoms with Gasteiger partial charge < -0.3 is 5.11 Å². The fourth-order valence-corrected chi connectivity index (χ4v) is 4.76. The Kier molecular flexibility index (Phi) is 5.87. The minimum atomic E-state index is -3.53. The topological polar surface area (TPSA) is 54.4 Å². The lowest BCUT2D eigenvalue weighted by molar-refractivity contribution is 0.0785. The van der Waals surface area contributed by atoms with E-state index in [9.17, 15) is 13.5 Å². The van der Waals surface area contributed by atoms with Gasteiger partial charge in [0.2, 0.25) is 0 Å². The van der Waals surface area contributed by atoms with Gasteiger partial charge in [-0.25, -0.2) is 8.42 Å². The van der Waals surface area contributed by atoms with Crippen LogP contribution in [0.15, 0.2) is 71.6 Å². The smallest absolute Gasteiger partial charge is 0.182 e. The fourth-order valence-electron chi connectivity index (χ4n) is 2.91. The van der Waals surface area contributed by atoms with Gasteiger partial charge in [-0.15, -0.1) is 0 Å². The maximum atomic E-state index is 12.8. The molecule has 3 aromatic rings. The first-order chi connectivity index (χ1) is 13.1. The predicted molar refractivity (Wildman–Crippen MR) is 114 cm³/mol. The molecule has 3 aromatic carbocycles. The second-order valence-electron chi connectivity index (χ2n) is 7.17. The van der Waals surface area contributed by atoms with Crippen molar-refractivity contribution >= 4 is 33.0 Å². The fraction of sp³-hybridized carbons (Fsp3) is 0.182. The van der Waals surface area contributed by atoms with Crippen molar-refractivity contribution in [1.29, 1.82) is 0 Å². The van der Waals surface area contributed by atoms with E-state index in [-0.39, 0.29) is 10.6 Å². The highest BCUT2D eigenvalue weighted by molar-refractivity contribution is 7.90. The van der Waals surface area contributed by atoms with Gasteiger partial charge in [-0.2, -0.15) is 0 Å². The van der Waals surface area contributed by atoms with E-state index >= 15 is 0 Å². The average molecular weight is 435 g/mol. The van der Waals surface area contributed by atoms with Crippen LogP contribution >= 0.6 is 23.2 Å². The van der Waals surface area contributed by atoms with E-state index in [0.717, 1.165) is 11.1 Å². The summed E-state index contributed by atoms with van der Waals surface area (Å²) < 4.78 is 25.6. The summed E-state index contributed by atoms with van der Waals surface area (Å²) in [6.07, 6.45) is 0. The Balaban J connectivity index is 1.87. The molecule has 0 aliphatic rings. The standard InChI is InChI=1S/C22H20Cl2O3S/c1-22(2,25)17-5-3-4-15(12-17)14-28(26,27)19-9-6-16(7-10-19)20-11-8-18(23)13-21(20)24/h3-13,25H,14H2,1-2H3. The molecule has 6 heteroatoms. The molecule has 3 rings (SSSR count). The largest absolute Gasteiger partial charge is 0.386 e. The van der Waals surface area contributed by atoms with Crippen LogP contribution in [0.4, 0.5) is 0 Å². The molecule has 0 spiro atoms. The maximum Gasteiger partial charge on any atom is 0.182 e. The van der Waals surface area contributed by atoms with Crippen molar-refractivity contribution < 1.29 is 13.5 Å². The second-order valence-corrected chi connectivity index (χ2v) is 10.0. The van der Waals surface area contributed by atoms with Crippen LogP contribution in [0.3, 0.4) is 0 Å². The number of rotatable bonds is 5. The first-order valence-corrected chi connectivity index (χ1v) is 11.1. The third kappa shape index (κ3) is 4.76. The minimum Gasteiger partial charge on any atom is -0.386 e. The van der Waals surface area contributed by atoms with E-state index in [4.69, 9.17) is 23.2 Å². The highest BCUT2D eigenvalue weighted by atomic mass is 35.5. The van der Waals surface area contributed by atoms with Gasteiger partial charge in [0, 0.05) is 15.6 Å². The van der Waals surface area contributed by atoms with Crippen LogP contribution in [0, 0.1) is 0 Å². The Labute approximate surface area is 175 Å². The van der Waals surface area contributed by atoms with Gasteiger partial charge in [0.25, 0.3) is 0 Å². The molecule has 0 aliphatic heterocycles. The monoisotopic (exact) mass is 434 g/mol. The van der Waals surface area contributed by atoms with Gasteiger partial charge in [0.05, 0.1) is 16.2 Å². The molecule has 0 fully saturated rings. The lowest BCUT2D eigenvalue weighted by atomic mass is 9.97. The first kappa shape index (κ1) is 20.9. The number of benzene rings is 3. The SMILES string of the molecule is CC(C)(O)c1cccc(CS(=O)(=O)c2ccc(-c3ccc(Cl)cc3Cl)cc2)c1. The minimum absolute atomic E-state index is 0.141. The number of halogens is 2. The van der Waals surface area contributed by atoms with Crippen LogP contribution in [0.5, 0.6) is 0 Å². The molecule has 0 radical (unpaired) electrons. The summed E-state index contributed by atoms with van der Waals surface area (Å²) in [6.45, 7) is 3.34. The van der Waals surface area contributed by atoms with Gasteiger partial charge in [-0.3, -0.25) is 0 Å². The molecule has 0 aliphatic carbocycles. The summed E-state index contributed by atoms with van der Waals surface area (Å²) in [7, 11) is -3.53. The molecule has 28 heavy (non-hydrogen) atoms. The van der Waals surface area contributed by atoms with Crippen molar-refractivity contribution in [3.63, 3.8) is 0 Å². The Morgan fingerprint density at radius 2 is 1.61 bits per heavy atom. The average Bonchev–Trinajstić information content (AvgIpc) is 2.61. The zero-order valence-corrected chi connectivity index (χ0v) is 17.8. The zero-order valence-electron chi connectivity index (χ0n) is 15.5. The van der Waals surface area contributed by atoms with Crippen molar-refractivity contribution in [3.05, 3.63) is 87.9 Å². The van der Waals surface area contributed by atoms with Crippen LogP contribution in [0.25, 0.3) is 11.1 Å². The summed E-state index contributed by atoms with van der Waals surface area (Å²) >= 11 is 12.2. The molecular weight excluding hydrogens is 415 g/mol. The molecule has 0 heterocycles. The van der Waals surface area contributed by atoms with Crippen LogP contribution in [-0.4, -0.2) is 13.5 Å². The van der Waals surface area contributed by atoms with Crippen molar-refractivity contribution in [2.45, 2.75) is 30.1 Å². The van der Waals surface area contributed by atoms with Gasteiger partial charge >= 0.3 is 0 Å². The molecule has 3 nitrogen and oxygen atoms in total. The molecule has 0 saturated carbocycles. The number of hydrogen-bond acceptors (Lipinski definition) is 3. The Hall–Kier alpha value is -1.85. The molecule has 0 aromatic heterocycles. The summed E-state index contributed by atoms with van der Waals surface area (Å²) in [5, 5.41) is 11.2. The van der Waals surface area contributed by atoms with Gasteiger partial charge in [-0.05, 0) is 54.8 Å². The number of aliphatic hydroxyl groups is 1. The molecular formula is C22H20Cl2O3S. The van der Waals surface area contributed by atoms with E-state index in [1.807, 2.05) is 0 Å². The summed E-state index contributed by atoms with van der Waals surface area (Å²) in [5.41, 5.74) is 1.87. The van der Waals surface area contributed by atoms with Crippen molar-refractivity contribution in [2.75, 3.05) is 0 Å². The van der Waals surface area contributed by atoms with Crippen molar-refractivity contribution in [2.24, 2.45) is 0 Å².